The van der Waals surface area contributed by atoms with Crippen LogP contribution in [0.25, 0.3) is 0 Å². The maximum Gasteiger partial charge on any atom is 0.135 e. The van der Waals surface area contributed by atoms with E-state index < -0.39 is 0 Å². The molecule has 0 aliphatic rings. The molecule has 0 bridgehead atoms. The molecule has 2 N–H and O–H groups in total. The van der Waals surface area contributed by atoms with Gasteiger partial charge in [0.2, 0.25) is 0 Å². The largest absolute Gasteiger partial charge is 0.373 e. The van der Waals surface area contributed by atoms with Crippen LogP contribution in [0.2, 0.25) is 0 Å². The summed E-state index contributed by atoms with van der Waals surface area (Å²) in [6.45, 7) is 7.05. The minimum Gasteiger partial charge on any atom is -0.373 e. The highest BCUT2D eigenvalue weighted by Crippen LogP contribution is 2.28. The van der Waals surface area contributed by atoms with Crippen molar-refractivity contribution in [2.45, 2.75) is 33.2 Å². The fourth-order valence-electron chi connectivity index (χ4n) is 2.18. The third-order valence-electron chi connectivity index (χ3n) is 3.48. The molecule has 6 heteroatoms. The van der Waals surface area contributed by atoms with E-state index in [-0.39, 0.29) is 0 Å². The summed E-state index contributed by atoms with van der Waals surface area (Å²) in [4.78, 5) is 8.65. The van der Waals surface area contributed by atoms with Gasteiger partial charge < -0.3 is 10.6 Å². The number of aromatic nitrogens is 4. The smallest absolute Gasteiger partial charge is 0.135 e. The van der Waals surface area contributed by atoms with E-state index in [0.717, 1.165) is 22.9 Å². The van der Waals surface area contributed by atoms with E-state index in [0.29, 0.717) is 12.5 Å². The highest BCUT2D eigenvalue weighted by molar-refractivity contribution is 5.58. The quantitative estimate of drug-likeness (QED) is 0.875. The monoisotopic (exact) mass is 274 g/mol. The van der Waals surface area contributed by atoms with E-state index in [4.69, 9.17) is 0 Å². The van der Waals surface area contributed by atoms with Gasteiger partial charge in [-0.2, -0.15) is 5.10 Å². The van der Waals surface area contributed by atoms with Gasteiger partial charge in [-0.25, -0.2) is 9.97 Å². The molecule has 0 aliphatic heterocycles. The van der Waals surface area contributed by atoms with E-state index in [1.807, 2.05) is 25.0 Å². The molecule has 108 valence electrons. The average molecular weight is 274 g/mol. The average Bonchev–Trinajstić information content (AvgIpc) is 2.75. The fourth-order valence-corrected chi connectivity index (χ4v) is 2.18. The van der Waals surface area contributed by atoms with Crippen molar-refractivity contribution < 1.29 is 0 Å². The molecule has 0 amide bonds. The number of nitrogens with zero attached hydrogens (tertiary/aromatic N) is 4. The molecule has 6 nitrogen and oxygen atoms in total. The SMILES string of the molecule is CNc1ncnc(NCc2cnn(C)c2C)c1C(C)C. The minimum absolute atomic E-state index is 0.344. The van der Waals surface area contributed by atoms with Crippen molar-refractivity contribution in [1.82, 2.24) is 19.7 Å². The van der Waals surface area contributed by atoms with E-state index in [9.17, 15) is 0 Å². The van der Waals surface area contributed by atoms with Crippen molar-refractivity contribution in [1.29, 1.82) is 0 Å². The first kappa shape index (κ1) is 14.3. The molecule has 20 heavy (non-hydrogen) atoms. The molecule has 0 aliphatic carbocycles. The van der Waals surface area contributed by atoms with Crippen LogP contribution in [0.3, 0.4) is 0 Å². The van der Waals surface area contributed by atoms with Gasteiger partial charge >= 0.3 is 0 Å². The molecule has 2 heterocycles. The topological polar surface area (TPSA) is 67.7 Å². The van der Waals surface area contributed by atoms with Crippen LogP contribution in [0.5, 0.6) is 0 Å². The van der Waals surface area contributed by atoms with Crippen LogP contribution < -0.4 is 10.6 Å². The fraction of sp³-hybridized carbons (Fsp3) is 0.500. The standard InChI is InChI=1S/C14H22N6/c1-9(2)12-13(15-4)17-8-18-14(12)16-6-11-7-19-20(5)10(11)3/h7-9H,6H2,1-5H3,(H2,15,16,17,18). The van der Waals surface area contributed by atoms with Crippen molar-refractivity contribution in [3.05, 3.63) is 29.3 Å². The molecule has 2 aromatic rings. The van der Waals surface area contributed by atoms with Crippen LogP contribution in [0, 0.1) is 6.92 Å². The van der Waals surface area contributed by atoms with Gasteiger partial charge in [-0.05, 0) is 12.8 Å². The Morgan fingerprint density at radius 2 is 1.95 bits per heavy atom. The van der Waals surface area contributed by atoms with Gasteiger partial charge in [0.15, 0.2) is 0 Å². The molecular weight excluding hydrogens is 252 g/mol. The number of hydrogen-bond donors (Lipinski definition) is 2. The Morgan fingerprint density at radius 1 is 1.25 bits per heavy atom. The molecule has 0 radical (unpaired) electrons. The number of aryl methyl sites for hydroxylation is 1. The number of hydrogen-bond acceptors (Lipinski definition) is 5. The van der Waals surface area contributed by atoms with Gasteiger partial charge in [0, 0.05) is 37.5 Å². The molecule has 0 saturated carbocycles. The molecule has 0 aromatic carbocycles. The lowest BCUT2D eigenvalue weighted by Crippen LogP contribution is -2.10. The maximum atomic E-state index is 4.37. The Kier molecular flexibility index (Phi) is 4.22. The van der Waals surface area contributed by atoms with Gasteiger partial charge in [0.1, 0.15) is 18.0 Å². The summed E-state index contributed by atoms with van der Waals surface area (Å²) in [5.74, 6) is 2.10. The van der Waals surface area contributed by atoms with Crippen LogP contribution in [0.4, 0.5) is 11.6 Å². The lowest BCUT2D eigenvalue weighted by atomic mass is 10.0. The summed E-state index contributed by atoms with van der Waals surface area (Å²) >= 11 is 0. The van der Waals surface area contributed by atoms with Gasteiger partial charge in [0.25, 0.3) is 0 Å². The maximum absolute atomic E-state index is 4.37. The minimum atomic E-state index is 0.344. The lowest BCUT2D eigenvalue weighted by Gasteiger charge is -2.16. The second-order valence-corrected chi connectivity index (χ2v) is 5.12. The zero-order chi connectivity index (χ0) is 14.7. The first-order valence-electron chi connectivity index (χ1n) is 6.78. The third-order valence-corrected chi connectivity index (χ3v) is 3.48. The summed E-state index contributed by atoms with van der Waals surface area (Å²) in [6.07, 6.45) is 3.47. The van der Waals surface area contributed by atoms with Crippen LogP contribution in [0.1, 0.15) is 36.6 Å². The van der Waals surface area contributed by atoms with E-state index in [1.54, 1.807) is 6.33 Å². The Labute approximate surface area is 119 Å². The summed E-state index contributed by atoms with van der Waals surface area (Å²) < 4.78 is 1.87. The Hall–Kier alpha value is -2.11. The molecule has 0 spiro atoms. The van der Waals surface area contributed by atoms with Gasteiger partial charge in [-0.3, -0.25) is 4.68 Å². The van der Waals surface area contributed by atoms with Crippen LogP contribution >= 0.6 is 0 Å². The Bertz CT molecular complexity index is 587. The normalized spacial score (nSPS) is 10.9. The first-order chi connectivity index (χ1) is 9.54. The molecular formula is C14H22N6. The molecule has 0 saturated heterocycles. The molecule has 0 fully saturated rings. The van der Waals surface area contributed by atoms with Crippen molar-refractivity contribution in [2.75, 3.05) is 17.7 Å². The summed E-state index contributed by atoms with van der Waals surface area (Å²) in [5.41, 5.74) is 3.44. The molecule has 2 rings (SSSR count). The molecule has 0 atom stereocenters. The second kappa shape index (κ2) is 5.90. The van der Waals surface area contributed by atoms with E-state index >= 15 is 0 Å². The number of anilines is 2. The predicted octanol–water partition coefficient (Wildman–Crippen LogP) is 2.30. The number of nitrogens with one attached hydrogen (secondary N) is 2. The van der Waals surface area contributed by atoms with Crippen LogP contribution in [-0.2, 0) is 13.6 Å². The highest BCUT2D eigenvalue weighted by atomic mass is 15.3. The molecule has 0 unspecified atom stereocenters. The first-order valence-corrected chi connectivity index (χ1v) is 6.78. The number of rotatable bonds is 5. The molecule has 2 aromatic heterocycles. The summed E-state index contributed by atoms with van der Waals surface area (Å²) in [6, 6.07) is 0. The van der Waals surface area contributed by atoms with Crippen molar-refractivity contribution in [3.8, 4) is 0 Å². The Morgan fingerprint density at radius 3 is 2.50 bits per heavy atom. The van der Waals surface area contributed by atoms with Crippen LogP contribution in [0.15, 0.2) is 12.5 Å². The second-order valence-electron chi connectivity index (χ2n) is 5.12. The van der Waals surface area contributed by atoms with Crippen LogP contribution in [-0.4, -0.2) is 26.8 Å². The highest BCUT2D eigenvalue weighted by Gasteiger charge is 2.14. The van der Waals surface area contributed by atoms with Gasteiger partial charge in [-0.15, -0.1) is 0 Å². The van der Waals surface area contributed by atoms with Crippen molar-refractivity contribution in [3.63, 3.8) is 0 Å². The zero-order valence-corrected chi connectivity index (χ0v) is 12.7. The van der Waals surface area contributed by atoms with Gasteiger partial charge in [0.05, 0.1) is 6.20 Å². The Balaban J connectivity index is 2.23. The zero-order valence-electron chi connectivity index (χ0n) is 12.7. The third kappa shape index (κ3) is 2.74. The predicted molar refractivity (Wildman–Crippen MR) is 80.9 cm³/mol. The van der Waals surface area contributed by atoms with Gasteiger partial charge in [-0.1, -0.05) is 13.8 Å². The lowest BCUT2D eigenvalue weighted by molar-refractivity contribution is 0.738. The van der Waals surface area contributed by atoms with Crippen molar-refractivity contribution >= 4 is 11.6 Å². The summed E-state index contributed by atoms with van der Waals surface area (Å²) in [5, 5.41) is 10.8. The summed E-state index contributed by atoms with van der Waals surface area (Å²) in [7, 11) is 3.82. The van der Waals surface area contributed by atoms with E-state index in [1.165, 1.54) is 5.56 Å². The van der Waals surface area contributed by atoms with E-state index in [2.05, 4.69) is 46.5 Å². The van der Waals surface area contributed by atoms with Crippen molar-refractivity contribution in [2.24, 2.45) is 7.05 Å².